The number of nitrogens with one attached hydrogen (secondary N) is 1. The molecule has 1 N–H and O–H groups in total. The summed E-state index contributed by atoms with van der Waals surface area (Å²) in [6.07, 6.45) is 0. The highest BCUT2D eigenvalue weighted by Gasteiger charge is 2.27. The van der Waals surface area contributed by atoms with Gasteiger partial charge < -0.3 is 10.1 Å². The van der Waals surface area contributed by atoms with Gasteiger partial charge in [-0.3, -0.25) is 4.79 Å². The average molecular weight is 467 g/mol. The molecule has 3 aromatic carbocycles. The third-order valence-electron chi connectivity index (χ3n) is 5.18. The van der Waals surface area contributed by atoms with Crippen molar-refractivity contribution in [1.29, 1.82) is 0 Å². The van der Waals surface area contributed by atoms with Crippen LogP contribution >= 0.6 is 0 Å². The van der Waals surface area contributed by atoms with Gasteiger partial charge in [0.15, 0.2) is 0 Å². The minimum Gasteiger partial charge on any atom is -0.494 e. The molecule has 0 spiro atoms. The highest BCUT2D eigenvalue weighted by Crippen LogP contribution is 2.25. The van der Waals surface area contributed by atoms with Crippen LogP contribution in [0.5, 0.6) is 5.75 Å². The molecule has 0 radical (unpaired) electrons. The fourth-order valence-corrected chi connectivity index (χ4v) is 4.97. The van der Waals surface area contributed by atoms with Crippen molar-refractivity contribution < 1.29 is 17.9 Å². The summed E-state index contributed by atoms with van der Waals surface area (Å²) in [5, 5.41) is 2.84. The predicted molar refractivity (Wildman–Crippen MR) is 129 cm³/mol. The maximum absolute atomic E-state index is 13.5. The third-order valence-corrected chi connectivity index (χ3v) is 6.97. The Hall–Kier alpha value is -3.16. The van der Waals surface area contributed by atoms with Gasteiger partial charge >= 0.3 is 0 Å². The number of ether oxygens (including phenoxy) is 1. The summed E-state index contributed by atoms with van der Waals surface area (Å²) < 4.78 is 33.8. The van der Waals surface area contributed by atoms with Crippen LogP contribution in [-0.4, -0.2) is 31.8 Å². The van der Waals surface area contributed by atoms with Gasteiger partial charge in [-0.15, -0.1) is 0 Å². The van der Waals surface area contributed by atoms with Crippen molar-refractivity contribution in [3.63, 3.8) is 0 Å². The molecule has 0 aliphatic heterocycles. The van der Waals surface area contributed by atoms with Crippen LogP contribution in [0.25, 0.3) is 0 Å². The van der Waals surface area contributed by atoms with Crippen LogP contribution < -0.4 is 10.1 Å². The zero-order chi connectivity index (χ0) is 23.8. The third kappa shape index (κ3) is 6.66. The largest absolute Gasteiger partial charge is 0.494 e. The van der Waals surface area contributed by atoms with Crippen molar-refractivity contribution >= 4 is 15.9 Å². The van der Waals surface area contributed by atoms with Crippen molar-refractivity contribution in [1.82, 2.24) is 9.62 Å². The molecule has 1 amide bonds. The van der Waals surface area contributed by atoms with Crippen molar-refractivity contribution in [2.45, 2.75) is 38.8 Å². The number of aryl methyl sites for hydroxylation is 2. The van der Waals surface area contributed by atoms with Crippen LogP contribution in [0, 0.1) is 13.8 Å². The second-order valence-corrected chi connectivity index (χ2v) is 9.82. The van der Waals surface area contributed by atoms with E-state index in [0.717, 1.165) is 22.3 Å². The number of carbonyl (C=O) groups excluding carboxylic acids is 1. The molecular weight excluding hydrogens is 436 g/mol. The molecule has 6 nitrogen and oxygen atoms in total. The molecule has 0 bridgehead atoms. The minimum atomic E-state index is -3.92. The van der Waals surface area contributed by atoms with Gasteiger partial charge in [-0.1, -0.05) is 60.2 Å². The Morgan fingerprint density at radius 2 is 1.67 bits per heavy atom. The fourth-order valence-electron chi connectivity index (χ4n) is 3.50. The normalized spacial score (nSPS) is 11.4. The minimum absolute atomic E-state index is 0.0906. The molecule has 0 saturated heterocycles. The Kier molecular flexibility index (Phi) is 8.25. The Bertz CT molecular complexity index is 1190. The first-order valence-corrected chi connectivity index (χ1v) is 12.3. The number of sulfonamides is 1. The SMILES string of the molecule is CCOc1ccc(S(=O)(=O)N(CC(=O)NCc2cccc(C)c2)Cc2ccccc2)cc1C. The summed E-state index contributed by atoms with van der Waals surface area (Å²) in [6.45, 7) is 6.30. The summed E-state index contributed by atoms with van der Waals surface area (Å²) in [6, 6.07) is 21.8. The number of carbonyl (C=O) groups is 1. The van der Waals surface area contributed by atoms with E-state index >= 15 is 0 Å². The van der Waals surface area contributed by atoms with Crippen LogP contribution in [0.3, 0.4) is 0 Å². The van der Waals surface area contributed by atoms with Gasteiger partial charge in [0.1, 0.15) is 5.75 Å². The summed E-state index contributed by atoms with van der Waals surface area (Å²) in [7, 11) is -3.92. The van der Waals surface area contributed by atoms with Gasteiger partial charge in [-0.25, -0.2) is 8.42 Å². The fraction of sp³-hybridized carbons (Fsp3) is 0.269. The summed E-state index contributed by atoms with van der Waals surface area (Å²) in [5.74, 6) is 0.278. The first-order valence-electron chi connectivity index (χ1n) is 10.9. The summed E-state index contributed by atoms with van der Waals surface area (Å²) in [5.41, 5.74) is 3.58. The maximum atomic E-state index is 13.5. The predicted octanol–water partition coefficient (Wildman–Crippen LogP) is 4.21. The summed E-state index contributed by atoms with van der Waals surface area (Å²) >= 11 is 0. The second-order valence-electron chi connectivity index (χ2n) is 7.88. The Labute approximate surface area is 196 Å². The molecule has 0 aromatic heterocycles. The number of hydrogen-bond acceptors (Lipinski definition) is 4. The van der Waals surface area contributed by atoms with Gasteiger partial charge in [0.25, 0.3) is 0 Å². The number of hydrogen-bond donors (Lipinski definition) is 1. The smallest absolute Gasteiger partial charge is 0.243 e. The van der Waals surface area contributed by atoms with E-state index in [1.54, 1.807) is 19.1 Å². The molecule has 0 fully saturated rings. The first kappa shape index (κ1) is 24.5. The van der Waals surface area contributed by atoms with Crippen LogP contribution in [0.4, 0.5) is 0 Å². The van der Waals surface area contributed by atoms with Gasteiger partial charge in [0, 0.05) is 13.1 Å². The molecule has 0 saturated carbocycles. The highest BCUT2D eigenvalue weighted by atomic mass is 32.2. The lowest BCUT2D eigenvalue weighted by Gasteiger charge is -2.22. The van der Waals surface area contributed by atoms with Crippen LogP contribution in [-0.2, 0) is 27.9 Å². The van der Waals surface area contributed by atoms with E-state index in [0.29, 0.717) is 18.9 Å². The van der Waals surface area contributed by atoms with Crippen molar-refractivity contribution in [3.8, 4) is 5.75 Å². The van der Waals surface area contributed by atoms with Crippen molar-refractivity contribution in [2.24, 2.45) is 0 Å². The van der Waals surface area contributed by atoms with E-state index in [4.69, 9.17) is 4.74 Å². The molecule has 3 aromatic rings. The van der Waals surface area contributed by atoms with E-state index in [1.807, 2.05) is 68.4 Å². The van der Waals surface area contributed by atoms with Gasteiger partial charge in [0.05, 0.1) is 18.0 Å². The second kappa shape index (κ2) is 11.1. The van der Waals surface area contributed by atoms with E-state index < -0.39 is 10.0 Å². The van der Waals surface area contributed by atoms with E-state index in [2.05, 4.69) is 5.32 Å². The van der Waals surface area contributed by atoms with Gasteiger partial charge in [-0.2, -0.15) is 4.31 Å². The molecule has 0 aliphatic carbocycles. The molecule has 7 heteroatoms. The van der Waals surface area contributed by atoms with E-state index in [-0.39, 0.29) is 23.9 Å². The Balaban J connectivity index is 1.82. The zero-order valence-corrected chi connectivity index (χ0v) is 20.1. The standard InChI is InChI=1S/C26H30N2O4S/c1-4-32-25-14-13-24(16-21(25)3)33(30,31)28(18-22-10-6-5-7-11-22)19-26(29)27-17-23-12-8-9-20(2)15-23/h5-16H,4,17-19H2,1-3H3,(H,27,29). The maximum Gasteiger partial charge on any atom is 0.243 e. The van der Waals surface area contributed by atoms with E-state index in [1.165, 1.54) is 10.4 Å². The van der Waals surface area contributed by atoms with Gasteiger partial charge in [-0.05, 0) is 55.7 Å². The number of rotatable bonds is 10. The lowest BCUT2D eigenvalue weighted by atomic mass is 10.1. The topological polar surface area (TPSA) is 75.7 Å². The van der Waals surface area contributed by atoms with Crippen LogP contribution in [0.15, 0.2) is 77.7 Å². The van der Waals surface area contributed by atoms with Crippen LogP contribution in [0.1, 0.15) is 29.2 Å². The van der Waals surface area contributed by atoms with E-state index in [9.17, 15) is 13.2 Å². The molecule has 33 heavy (non-hydrogen) atoms. The molecule has 0 aliphatic rings. The molecule has 0 unspecified atom stereocenters. The Morgan fingerprint density at radius 3 is 2.33 bits per heavy atom. The van der Waals surface area contributed by atoms with Crippen molar-refractivity contribution in [2.75, 3.05) is 13.2 Å². The number of nitrogens with zero attached hydrogens (tertiary/aromatic N) is 1. The molecule has 174 valence electrons. The molecular formula is C26H30N2O4S. The lowest BCUT2D eigenvalue weighted by molar-refractivity contribution is -0.121. The quantitative estimate of drug-likeness (QED) is 0.486. The van der Waals surface area contributed by atoms with Crippen molar-refractivity contribution in [3.05, 3.63) is 95.1 Å². The first-order chi connectivity index (χ1) is 15.8. The molecule has 3 rings (SSSR count). The Morgan fingerprint density at radius 1 is 0.939 bits per heavy atom. The molecule has 0 heterocycles. The van der Waals surface area contributed by atoms with Crippen LogP contribution in [0.2, 0.25) is 0 Å². The number of amides is 1. The lowest BCUT2D eigenvalue weighted by Crippen LogP contribution is -2.40. The monoisotopic (exact) mass is 466 g/mol. The van der Waals surface area contributed by atoms with Gasteiger partial charge in [0.2, 0.25) is 15.9 Å². The average Bonchev–Trinajstić information content (AvgIpc) is 2.79. The highest BCUT2D eigenvalue weighted by molar-refractivity contribution is 7.89. The number of benzene rings is 3. The molecule has 0 atom stereocenters. The summed E-state index contributed by atoms with van der Waals surface area (Å²) in [4.78, 5) is 12.9. The zero-order valence-electron chi connectivity index (χ0n) is 19.2.